The van der Waals surface area contributed by atoms with E-state index in [4.69, 9.17) is 27.9 Å². The summed E-state index contributed by atoms with van der Waals surface area (Å²) in [6, 6.07) is 9.44. The van der Waals surface area contributed by atoms with Crippen LogP contribution in [0.1, 0.15) is 35.8 Å². The first-order valence-electron chi connectivity index (χ1n) is 7.50. The fourth-order valence-electron chi connectivity index (χ4n) is 2.13. The molecule has 2 aromatic rings. The third-order valence-electron chi connectivity index (χ3n) is 3.52. The first-order chi connectivity index (χ1) is 11.8. The SMILES string of the molecule is C[C@H](OC(=O)c1ccc(F)cc1)C(=O)N[C@H](C)c1ccc(Cl)cc1Cl. The molecule has 2 atom stereocenters. The maximum Gasteiger partial charge on any atom is 0.338 e. The summed E-state index contributed by atoms with van der Waals surface area (Å²) in [5, 5.41) is 3.64. The molecule has 2 aromatic carbocycles. The lowest BCUT2D eigenvalue weighted by Crippen LogP contribution is -2.37. The van der Waals surface area contributed by atoms with Crippen LogP contribution < -0.4 is 5.32 Å². The third-order valence-corrected chi connectivity index (χ3v) is 4.08. The Morgan fingerprint density at radius 2 is 1.72 bits per heavy atom. The van der Waals surface area contributed by atoms with E-state index >= 15 is 0 Å². The van der Waals surface area contributed by atoms with Gasteiger partial charge >= 0.3 is 5.97 Å². The maximum atomic E-state index is 12.9. The van der Waals surface area contributed by atoms with Crippen LogP contribution in [0.2, 0.25) is 10.0 Å². The fourth-order valence-corrected chi connectivity index (χ4v) is 2.70. The van der Waals surface area contributed by atoms with Gasteiger partial charge in [0.15, 0.2) is 6.10 Å². The van der Waals surface area contributed by atoms with E-state index in [1.807, 2.05) is 0 Å². The van der Waals surface area contributed by atoms with Gasteiger partial charge in [-0.25, -0.2) is 9.18 Å². The standard InChI is InChI=1S/C18H16Cl2FNO3/c1-10(15-8-5-13(19)9-16(15)20)22-17(23)11(2)25-18(24)12-3-6-14(21)7-4-12/h3-11H,1-2H3,(H,22,23)/t10-,11+/m1/s1. The van der Waals surface area contributed by atoms with Gasteiger partial charge in [0, 0.05) is 10.0 Å². The number of carbonyl (C=O) groups excluding carboxylic acids is 2. The number of benzene rings is 2. The number of carbonyl (C=O) groups is 2. The Kier molecular flexibility index (Phi) is 6.39. The van der Waals surface area contributed by atoms with Crippen molar-refractivity contribution in [3.05, 3.63) is 69.5 Å². The van der Waals surface area contributed by atoms with E-state index in [0.29, 0.717) is 15.6 Å². The number of hydrogen-bond donors (Lipinski definition) is 1. The number of hydrogen-bond acceptors (Lipinski definition) is 3. The Bertz CT molecular complexity index is 780. The predicted octanol–water partition coefficient (Wildman–Crippen LogP) is 4.56. The van der Waals surface area contributed by atoms with Crippen molar-refractivity contribution in [1.82, 2.24) is 5.32 Å². The zero-order valence-corrected chi connectivity index (χ0v) is 15.1. The summed E-state index contributed by atoms with van der Waals surface area (Å²) in [5.74, 6) is -1.65. The molecule has 132 valence electrons. The van der Waals surface area contributed by atoms with Gasteiger partial charge in [-0.3, -0.25) is 4.79 Å². The van der Waals surface area contributed by atoms with Crippen LogP contribution in [0.4, 0.5) is 4.39 Å². The maximum absolute atomic E-state index is 12.9. The monoisotopic (exact) mass is 383 g/mol. The normalized spacial score (nSPS) is 13.0. The molecule has 2 rings (SSSR count). The van der Waals surface area contributed by atoms with Gasteiger partial charge in [0.1, 0.15) is 5.82 Å². The smallest absolute Gasteiger partial charge is 0.338 e. The largest absolute Gasteiger partial charge is 0.449 e. The minimum atomic E-state index is -1.02. The summed E-state index contributed by atoms with van der Waals surface area (Å²) >= 11 is 12.0. The van der Waals surface area contributed by atoms with Crippen molar-refractivity contribution >= 4 is 35.1 Å². The highest BCUT2D eigenvalue weighted by Gasteiger charge is 2.21. The highest BCUT2D eigenvalue weighted by atomic mass is 35.5. The average Bonchev–Trinajstić information content (AvgIpc) is 2.55. The van der Waals surface area contributed by atoms with Crippen LogP contribution >= 0.6 is 23.2 Å². The molecule has 0 aliphatic carbocycles. The Hall–Kier alpha value is -2.11. The number of amides is 1. The van der Waals surface area contributed by atoms with Gasteiger partial charge in [-0.1, -0.05) is 29.3 Å². The van der Waals surface area contributed by atoms with Gasteiger partial charge in [-0.05, 0) is 55.8 Å². The molecule has 4 nitrogen and oxygen atoms in total. The molecule has 0 radical (unpaired) electrons. The summed E-state index contributed by atoms with van der Waals surface area (Å²) in [5.41, 5.74) is 0.853. The summed E-state index contributed by atoms with van der Waals surface area (Å²) in [7, 11) is 0. The number of rotatable bonds is 5. The van der Waals surface area contributed by atoms with Crippen LogP contribution in [0, 0.1) is 5.82 Å². The lowest BCUT2D eigenvalue weighted by molar-refractivity contribution is -0.129. The first-order valence-corrected chi connectivity index (χ1v) is 8.25. The summed E-state index contributed by atoms with van der Waals surface area (Å²) in [6.45, 7) is 3.20. The summed E-state index contributed by atoms with van der Waals surface area (Å²) in [4.78, 5) is 24.2. The Morgan fingerprint density at radius 1 is 1.08 bits per heavy atom. The third kappa shape index (κ3) is 5.18. The van der Waals surface area contributed by atoms with Gasteiger partial charge in [0.05, 0.1) is 11.6 Å². The van der Waals surface area contributed by atoms with Crippen molar-refractivity contribution in [3.8, 4) is 0 Å². The zero-order valence-electron chi connectivity index (χ0n) is 13.6. The van der Waals surface area contributed by atoms with Crippen molar-refractivity contribution in [2.45, 2.75) is 26.0 Å². The van der Waals surface area contributed by atoms with Gasteiger partial charge in [0.25, 0.3) is 5.91 Å². The number of esters is 1. The van der Waals surface area contributed by atoms with Crippen LogP contribution in [-0.2, 0) is 9.53 Å². The molecule has 1 amide bonds. The Labute approximate surface area is 154 Å². The average molecular weight is 384 g/mol. The van der Waals surface area contributed by atoms with Gasteiger partial charge in [-0.15, -0.1) is 0 Å². The second kappa shape index (κ2) is 8.32. The van der Waals surface area contributed by atoms with E-state index in [2.05, 4.69) is 5.32 Å². The molecule has 0 aliphatic heterocycles. The topological polar surface area (TPSA) is 55.4 Å². The minimum absolute atomic E-state index is 0.162. The second-order valence-corrected chi connectivity index (χ2v) is 6.29. The lowest BCUT2D eigenvalue weighted by Gasteiger charge is -2.19. The molecule has 1 N–H and O–H groups in total. The second-order valence-electron chi connectivity index (χ2n) is 5.45. The van der Waals surface area contributed by atoms with Crippen molar-refractivity contribution < 1.29 is 18.7 Å². The minimum Gasteiger partial charge on any atom is -0.449 e. The van der Waals surface area contributed by atoms with E-state index in [1.165, 1.54) is 19.1 Å². The van der Waals surface area contributed by atoms with Gasteiger partial charge in [0.2, 0.25) is 0 Å². The first kappa shape index (κ1) is 19.2. The van der Waals surface area contributed by atoms with Crippen molar-refractivity contribution in [2.75, 3.05) is 0 Å². The fraction of sp³-hybridized carbons (Fsp3) is 0.222. The summed E-state index contributed by atoms with van der Waals surface area (Å²) < 4.78 is 18.0. The molecule has 0 heterocycles. The molecule has 0 aliphatic rings. The van der Waals surface area contributed by atoms with E-state index in [9.17, 15) is 14.0 Å². The molecule has 25 heavy (non-hydrogen) atoms. The molecule has 0 saturated carbocycles. The van der Waals surface area contributed by atoms with Crippen LogP contribution in [-0.4, -0.2) is 18.0 Å². The van der Waals surface area contributed by atoms with Crippen LogP contribution in [0.15, 0.2) is 42.5 Å². The van der Waals surface area contributed by atoms with E-state index in [0.717, 1.165) is 12.1 Å². The van der Waals surface area contributed by atoms with Crippen LogP contribution in [0.25, 0.3) is 0 Å². The Morgan fingerprint density at radius 3 is 2.32 bits per heavy atom. The van der Waals surface area contributed by atoms with Crippen LogP contribution in [0.5, 0.6) is 0 Å². The predicted molar refractivity (Wildman–Crippen MR) is 94.3 cm³/mol. The molecule has 0 aromatic heterocycles. The quantitative estimate of drug-likeness (QED) is 0.770. The van der Waals surface area contributed by atoms with Crippen LogP contribution in [0.3, 0.4) is 0 Å². The molecule has 0 spiro atoms. The molecular weight excluding hydrogens is 368 g/mol. The lowest BCUT2D eigenvalue weighted by atomic mass is 10.1. The molecule has 0 fully saturated rings. The zero-order chi connectivity index (χ0) is 18.6. The van der Waals surface area contributed by atoms with Gasteiger partial charge < -0.3 is 10.1 Å². The van der Waals surface area contributed by atoms with Crippen molar-refractivity contribution in [3.63, 3.8) is 0 Å². The number of nitrogens with one attached hydrogen (secondary N) is 1. The van der Waals surface area contributed by atoms with E-state index in [-0.39, 0.29) is 5.56 Å². The molecule has 0 bridgehead atoms. The highest BCUT2D eigenvalue weighted by molar-refractivity contribution is 6.35. The van der Waals surface area contributed by atoms with E-state index < -0.39 is 29.8 Å². The Balaban J connectivity index is 1.97. The molecular formula is C18H16Cl2FNO3. The molecule has 0 saturated heterocycles. The molecule has 7 heteroatoms. The van der Waals surface area contributed by atoms with Crippen molar-refractivity contribution in [1.29, 1.82) is 0 Å². The molecule has 0 unspecified atom stereocenters. The van der Waals surface area contributed by atoms with Gasteiger partial charge in [-0.2, -0.15) is 0 Å². The van der Waals surface area contributed by atoms with E-state index in [1.54, 1.807) is 25.1 Å². The van der Waals surface area contributed by atoms with Crippen molar-refractivity contribution in [2.24, 2.45) is 0 Å². The highest BCUT2D eigenvalue weighted by Crippen LogP contribution is 2.26. The number of halogens is 3. The summed E-state index contributed by atoms with van der Waals surface area (Å²) in [6.07, 6.45) is -1.02. The number of ether oxygens (including phenoxy) is 1.